The summed E-state index contributed by atoms with van der Waals surface area (Å²) in [4.78, 5) is 16.3. The number of rotatable bonds is 4. The number of aromatic nitrogens is 1. The highest BCUT2D eigenvalue weighted by Gasteiger charge is 2.33. The maximum absolute atomic E-state index is 12.2. The van der Waals surface area contributed by atoms with Crippen LogP contribution in [0.5, 0.6) is 0 Å². The van der Waals surface area contributed by atoms with Crippen molar-refractivity contribution in [2.45, 2.75) is 64.4 Å². The molecule has 134 valence electrons. The lowest BCUT2D eigenvalue weighted by Crippen LogP contribution is -2.43. The number of carbonyl (C=O) groups is 1. The number of fused-ring (bicyclic) bond motifs is 1. The van der Waals surface area contributed by atoms with Crippen molar-refractivity contribution in [3.8, 4) is 0 Å². The molecule has 7 heteroatoms. The molecule has 0 saturated carbocycles. The van der Waals surface area contributed by atoms with Gasteiger partial charge in [0, 0.05) is 6.20 Å². The molecule has 2 rings (SSSR count). The first-order valence-corrected chi connectivity index (χ1v) is 8.47. The van der Waals surface area contributed by atoms with E-state index in [0.717, 1.165) is 17.5 Å². The number of aryl methyl sites for hydroxylation is 1. The maximum Gasteiger partial charge on any atom is 0.408 e. The zero-order valence-electron chi connectivity index (χ0n) is 14.5. The van der Waals surface area contributed by atoms with Gasteiger partial charge in [-0.1, -0.05) is 11.6 Å². The van der Waals surface area contributed by atoms with E-state index in [4.69, 9.17) is 21.1 Å². The first-order chi connectivity index (χ1) is 11.2. The van der Waals surface area contributed by atoms with E-state index < -0.39 is 23.8 Å². The van der Waals surface area contributed by atoms with Gasteiger partial charge in [0.15, 0.2) is 0 Å². The molecule has 0 saturated heterocycles. The number of carbonyl (C=O) groups excluding carboxylic acids is 1. The summed E-state index contributed by atoms with van der Waals surface area (Å²) in [7, 11) is 0. The highest BCUT2D eigenvalue weighted by molar-refractivity contribution is 6.29. The number of aliphatic hydroxyl groups excluding tert-OH is 1. The first kappa shape index (κ1) is 19.0. The third kappa shape index (κ3) is 5.33. The van der Waals surface area contributed by atoms with Gasteiger partial charge in [0.2, 0.25) is 0 Å². The van der Waals surface area contributed by atoms with Crippen molar-refractivity contribution in [1.82, 2.24) is 10.3 Å². The molecule has 1 amide bonds. The quantitative estimate of drug-likeness (QED) is 0.810. The number of hydrogen-bond donors (Lipinski definition) is 2. The number of nitrogens with zero attached hydrogens (tertiary/aromatic N) is 1. The molecule has 0 unspecified atom stereocenters. The summed E-state index contributed by atoms with van der Waals surface area (Å²) in [5.41, 5.74) is 1.32. The highest BCUT2D eigenvalue weighted by Crippen LogP contribution is 2.33. The van der Waals surface area contributed by atoms with Crippen LogP contribution in [-0.4, -0.2) is 40.6 Å². The minimum Gasteiger partial charge on any atom is -0.444 e. The smallest absolute Gasteiger partial charge is 0.408 e. The fraction of sp³-hybridized carbons (Fsp3) is 0.647. The van der Waals surface area contributed by atoms with Crippen LogP contribution in [-0.2, 0) is 15.9 Å². The summed E-state index contributed by atoms with van der Waals surface area (Å²) in [6.45, 7) is 7.29. The van der Waals surface area contributed by atoms with Crippen molar-refractivity contribution in [3.63, 3.8) is 0 Å². The van der Waals surface area contributed by atoms with Gasteiger partial charge in [0.25, 0.3) is 0 Å². The fourth-order valence-corrected chi connectivity index (χ4v) is 2.87. The second kappa shape index (κ2) is 7.68. The lowest BCUT2D eigenvalue weighted by molar-refractivity contribution is -0.0292. The molecule has 1 aromatic heterocycles. The van der Waals surface area contributed by atoms with Crippen LogP contribution in [0, 0.1) is 0 Å². The highest BCUT2D eigenvalue weighted by atomic mass is 35.5. The summed E-state index contributed by atoms with van der Waals surface area (Å²) in [5, 5.41) is 12.8. The average molecular weight is 357 g/mol. The zero-order valence-corrected chi connectivity index (χ0v) is 15.3. The number of pyridine rings is 1. The number of alkyl carbamates (subject to hydrolysis) is 1. The van der Waals surface area contributed by atoms with Gasteiger partial charge in [-0.3, -0.25) is 0 Å². The van der Waals surface area contributed by atoms with Crippen molar-refractivity contribution in [2.24, 2.45) is 0 Å². The minimum atomic E-state index is -0.588. The molecular weight excluding hydrogens is 332 g/mol. The average Bonchev–Trinajstić information content (AvgIpc) is 2.43. The van der Waals surface area contributed by atoms with Crippen LogP contribution < -0.4 is 5.32 Å². The normalized spacial score (nSPS) is 21.8. The number of nitrogens with one attached hydrogen (secondary N) is 1. The van der Waals surface area contributed by atoms with E-state index >= 15 is 0 Å². The molecule has 3 atom stereocenters. The molecule has 1 aliphatic rings. The molecule has 0 aliphatic heterocycles. The Morgan fingerprint density at radius 2 is 2.25 bits per heavy atom. The Labute approximate surface area is 147 Å². The second-order valence-corrected chi connectivity index (χ2v) is 7.48. The van der Waals surface area contributed by atoms with Gasteiger partial charge < -0.3 is 19.9 Å². The van der Waals surface area contributed by atoms with E-state index in [2.05, 4.69) is 10.3 Å². The lowest BCUT2D eigenvalue weighted by atomic mass is 9.87. The van der Waals surface area contributed by atoms with E-state index in [1.165, 1.54) is 0 Å². The molecule has 2 N–H and O–H groups in total. The van der Waals surface area contributed by atoms with Crippen LogP contribution in [0.4, 0.5) is 4.79 Å². The van der Waals surface area contributed by atoms with E-state index in [-0.39, 0.29) is 12.7 Å². The van der Waals surface area contributed by atoms with Gasteiger partial charge >= 0.3 is 6.09 Å². The Bertz CT molecular complexity index is 586. The molecule has 0 aromatic carbocycles. The maximum atomic E-state index is 12.2. The van der Waals surface area contributed by atoms with Gasteiger partial charge in [-0.2, -0.15) is 0 Å². The zero-order chi connectivity index (χ0) is 17.9. The van der Waals surface area contributed by atoms with Crippen molar-refractivity contribution in [3.05, 3.63) is 28.5 Å². The molecule has 6 nitrogen and oxygen atoms in total. The topological polar surface area (TPSA) is 80.7 Å². The predicted octanol–water partition coefficient (Wildman–Crippen LogP) is 3.01. The fourth-order valence-electron chi connectivity index (χ4n) is 2.69. The summed E-state index contributed by atoms with van der Waals surface area (Å²) in [5.74, 6) is 0. The molecular formula is C17H25ClN2O4. The largest absolute Gasteiger partial charge is 0.444 e. The Balaban J connectivity index is 2.20. The molecule has 0 bridgehead atoms. The molecule has 1 aromatic rings. The number of ether oxygens (including phenoxy) is 2. The predicted molar refractivity (Wildman–Crippen MR) is 91.1 cm³/mol. The molecule has 1 aliphatic carbocycles. The van der Waals surface area contributed by atoms with Gasteiger partial charge in [0.1, 0.15) is 10.8 Å². The van der Waals surface area contributed by atoms with Gasteiger partial charge in [-0.25, -0.2) is 9.78 Å². The summed E-state index contributed by atoms with van der Waals surface area (Å²) in [6, 6.07) is 1.41. The Hall–Kier alpha value is -1.37. The standard InChI is InChI=1S/C17H25ClN2O4/c1-10(21)9-23-13-6-5-11-7-14(18)19-8-12(11)15(13)20-16(22)24-17(2,3)4/h7-8,10,13,15,21H,5-6,9H2,1-4H3,(H,20,22)/t10-,13-,15+/m0/s1. The van der Waals surface area contributed by atoms with Crippen molar-refractivity contribution in [1.29, 1.82) is 0 Å². The van der Waals surface area contributed by atoms with Crippen LogP contribution in [0.3, 0.4) is 0 Å². The summed E-state index contributed by atoms with van der Waals surface area (Å²) >= 11 is 5.97. The minimum absolute atomic E-state index is 0.202. The molecule has 0 fully saturated rings. The monoisotopic (exact) mass is 356 g/mol. The summed E-state index contributed by atoms with van der Waals surface area (Å²) in [6.07, 6.45) is 1.80. The van der Waals surface area contributed by atoms with E-state index in [9.17, 15) is 9.90 Å². The molecule has 24 heavy (non-hydrogen) atoms. The molecule has 0 spiro atoms. The van der Waals surface area contributed by atoms with Crippen LogP contribution in [0.15, 0.2) is 12.3 Å². The number of halogens is 1. The Morgan fingerprint density at radius 1 is 1.54 bits per heavy atom. The lowest BCUT2D eigenvalue weighted by Gasteiger charge is -2.34. The van der Waals surface area contributed by atoms with Crippen LogP contribution in [0.25, 0.3) is 0 Å². The molecule has 0 radical (unpaired) electrons. The van der Waals surface area contributed by atoms with Crippen molar-refractivity contribution in [2.75, 3.05) is 6.61 Å². The number of hydrogen-bond acceptors (Lipinski definition) is 5. The van der Waals surface area contributed by atoms with Gasteiger partial charge in [-0.05, 0) is 57.7 Å². The van der Waals surface area contributed by atoms with Gasteiger partial charge in [0.05, 0.1) is 24.9 Å². The van der Waals surface area contributed by atoms with E-state index in [1.54, 1.807) is 13.1 Å². The van der Waals surface area contributed by atoms with Crippen LogP contribution in [0.2, 0.25) is 5.15 Å². The van der Waals surface area contributed by atoms with E-state index in [1.807, 2.05) is 26.8 Å². The Kier molecular flexibility index (Phi) is 6.06. The third-order valence-electron chi connectivity index (χ3n) is 3.62. The van der Waals surface area contributed by atoms with Crippen molar-refractivity contribution >= 4 is 17.7 Å². The number of amides is 1. The van der Waals surface area contributed by atoms with Crippen LogP contribution in [0.1, 0.15) is 51.3 Å². The van der Waals surface area contributed by atoms with E-state index in [0.29, 0.717) is 11.6 Å². The summed E-state index contributed by atoms with van der Waals surface area (Å²) < 4.78 is 11.1. The Morgan fingerprint density at radius 3 is 2.88 bits per heavy atom. The van der Waals surface area contributed by atoms with Gasteiger partial charge in [-0.15, -0.1) is 0 Å². The second-order valence-electron chi connectivity index (χ2n) is 7.09. The van der Waals surface area contributed by atoms with Crippen molar-refractivity contribution < 1.29 is 19.4 Å². The first-order valence-electron chi connectivity index (χ1n) is 8.09. The van der Waals surface area contributed by atoms with Crippen LogP contribution >= 0.6 is 11.6 Å². The number of aliphatic hydroxyl groups is 1. The third-order valence-corrected chi connectivity index (χ3v) is 3.83. The SMILES string of the molecule is C[C@H](O)CO[C@H]1CCc2cc(Cl)ncc2[C@H]1NC(=O)OC(C)(C)C. The molecule has 1 heterocycles.